The van der Waals surface area contributed by atoms with Crippen molar-refractivity contribution in [1.29, 1.82) is 0 Å². The second-order valence-electron chi connectivity index (χ2n) is 1.80. The molecule has 0 aliphatic carbocycles. The fourth-order valence-corrected chi connectivity index (χ4v) is 0.516. The summed E-state index contributed by atoms with van der Waals surface area (Å²) in [6, 6.07) is 0. The van der Waals surface area contributed by atoms with Crippen LogP contribution in [0.15, 0.2) is 24.3 Å². The van der Waals surface area contributed by atoms with E-state index in [1.165, 1.54) is 13.2 Å². The summed E-state index contributed by atoms with van der Waals surface area (Å²) in [6.07, 6.45) is 3.89. The molecule has 0 bridgehead atoms. The molecule has 0 N–H and O–H groups in total. The Hall–Kier alpha value is -1.05. The lowest BCUT2D eigenvalue weighted by molar-refractivity contribution is -0.134. The normalized spacial score (nSPS) is 10.8. The molecule has 0 fully saturated rings. The number of hydrogen-bond donors (Lipinski definition) is 0. The zero-order valence-electron chi connectivity index (χ0n) is 6.39. The van der Waals surface area contributed by atoms with Gasteiger partial charge >= 0.3 is 5.97 Å². The standard InChI is InChI=1S/C8H12O2/c1-4-7(5-2)6-8(9)10-3/h4,6H,1,5H2,2-3H3/b7-6-. The van der Waals surface area contributed by atoms with Gasteiger partial charge in [0.2, 0.25) is 0 Å². The minimum absolute atomic E-state index is 0.322. The molecule has 0 amide bonds. The molecule has 0 heterocycles. The SMILES string of the molecule is C=C/C(=C/C(=O)OC)CC. The van der Waals surface area contributed by atoms with Crippen LogP contribution in [0.5, 0.6) is 0 Å². The first kappa shape index (κ1) is 8.95. The summed E-state index contributed by atoms with van der Waals surface area (Å²) in [5.41, 5.74) is 0.895. The van der Waals surface area contributed by atoms with Gasteiger partial charge in [0.05, 0.1) is 7.11 Å². The van der Waals surface area contributed by atoms with Gasteiger partial charge in [-0.05, 0) is 12.0 Å². The smallest absolute Gasteiger partial charge is 0.330 e. The third kappa shape index (κ3) is 3.07. The van der Waals surface area contributed by atoms with Crippen LogP contribution in [0.2, 0.25) is 0 Å². The summed E-state index contributed by atoms with van der Waals surface area (Å²) in [5.74, 6) is -0.322. The van der Waals surface area contributed by atoms with E-state index in [4.69, 9.17) is 0 Å². The van der Waals surface area contributed by atoms with Crippen LogP contribution in [0, 0.1) is 0 Å². The Labute approximate surface area is 61.2 Å². The van der Waals surface area contributed by atoms with E-state index in [0.717, 1.165) is 12.0 Å². The molecule has 0 saturated carbocycles. The predicted molar refractivity (Wildman–Crippen MR) is 40.6 cm³/mol. The van der Waals surface area contributed by atoms with E-state index >= 15 is 0 Å². The van der Waals surface area contributed by atoms with Crippen LogP contribution in [-0.2, 0) is 9.53 Å². The first-order chi connectivity index (χ1) is 4.74. The van der Waals surface area contributed by atoms with Crippen LogP contribution in [0.4, 0.5) is 0 Å². The summed E-state index contributed by atoms with van der Waals surface area (Å²) in [6.45, 7) is 5.50. The van der Waals surface area contributed by atoms with Crippen molar-refractivity contribution in [3.05, 3.63) is 24.3 Å². The third-order valence-electron chi connectivity index (χ3n) is 1.17. The topological polar surface area (TPSA) is 26.3 Å². The molecule has 0 atom stereocenters. The summed E-state index contributed by atoms with van der Waals surface area (Å²) < 4.78 is 4.42. The lowest BCUT2D eigenvalue weighted by Crippen LogP contribution is -1.95. The zero-order valence-corrected chi connectivity index (χ0v) is 6.39. The van der Waals surface area contributed by atoms with Crippen LogP contribution in [0.25, 0.3) is 0 Å². The van der Waals surface area contributed by atoms with Crippen molar-refractivity contribution in [1.82, 2.24) is 0 Å². The van der Waals surface area contributed by atoms with Crippen LogP contribution in [-0.4, -0.2) is 13.1 Å². The number of carbonyl (C=O) groups is 1. The monoisotopic (exact) mass is 140 g/mol. The molecule has 2 heteroatoms. The number of carbonyl (C=O) groups excluding carboxylic acids is 1. The van der Waals surface area contributed by atoms with Crippen molar-refractivity contribution in [2.24, 2.45) is 0 Å². The Balaban J connectivity index is 4.09. The van der Waals surface area contributed by atoms with Gasteiger partial charge in [0.25, 0.3) is 0 Å². The summed E-state index contributed by atoms with van der Waals surface area (Å²) in [4.78, 5) is 10.6. The van der Waals surface area contributed by atoms with Crippen LogP contribution < -0.4 is 0 Å². The zero-order chi connectivity index (χ0) is 7.98. The largest absolute Gasteiger partial charge is 0.466 e. The highest BCUT2D eigenvalue weighted by atomic mass is 16.5. The number of allylic oxidation sites excluding steroid dienone is 2. The van der Waals surface area contributed by atoms with E-state index < -0.39 is 0 Å². The molecule has 0 spiro atoms. The van der Waals surface area contributed by atoms with Gasteiger partial charge in [-0.1, -0.05) is 19.6 Å². The molecule has 56 valence electrons. The molecule has 0 radical (unpaired) electrons. The Kier molecular flexibility index (Phi) is 4.29. The number of esters is 1. The quantitative estimate of drug-likeness (QED) is 0.338. The van der Waals surface area contributed by atoms with Crippen LogP contribution in [0.3, 0.4) is 0 Å². The molecule has 0 aromatic heterocycles. The van der Waals surface area contributed by atoms with Crippen molar-refractivity contribution < 1.29 is 9.53 Å². The molecule has 10 heavy (non-hydrogen) atoms. The van der Waals surface area contributed by atoms with Crippen molar-refractivity contribution in [2.45, 2.75) is 13.3 Å². The fourth-order valence-electron chi connectivity index (χ4n) is 0.516. The highest BCUT2D eigenvalue weighted by Gasteiger charge is 1.93. The average molecular weight is 140 g/mol. The number of methoxy groups -OCH3 is 1. The maximum atomic E-state index is 10.6. The molecule has 2 nitrogen and oxygen atoms in total. The number of hydrogen-bond acceptors (Lipinski definition) is 2. The van der Waals surface area contributed by atoms with Gasteiger partial charge < -0.3 is 4.74 Å². The van der Waals surface area contributed by atoms with Gasteiger partial charge in [0.1, 0.15) is 0 Å². The Bertz CT molecular complexity index is 157. The molecule has 0 unspecified atom stereocenters. The molecule has 0 aliphatic rings. The van der Waals surface area contributed by atoms with Gasteiger partial charge in [-0.15, -0.1) is 0 Å². The van der Waals surface area contributed by atoms with E-state index in [2.05, 4.69) is 11.3 Å². The minimum Gasteiger partial charge on any atom is -0.466 e. The van der Waals surface area contributed by atoms with Crippen molar-refractivity contribution in [3.8, 4) is 0 Å². The van der Waals surface area contributed by atoms with Crippen LogP contribution >= 0.6 is 0 Å². The Morgan fingerprint density at radius 2 is 2.30 bits per heavy atom. The molecule has 0 saturated heterocycles. The second-order valence-corrected chi connectivity index (χ2v) is 1.80. The van der Waals surface area contributed by atoms with Gasteiger partial charge in [-0.25, -0.2) is 4.79 Å². The van der Waals surface area contributed by atoms with Crippen molar-refractivity contribution in [3.63, 3.8) is 0 Å². The van der Waals surface area contributed by atoms with Crippen molar-refractivity contribution >= 4 is 5.97 Å². The minimum atomic E-state index is -0.322. The average Bonchev–Trinajstić information content (AvgIpc) is 1.99. The Morgan fingerprint density at radius 3 is 2.60 bits per heavy atom. The summed E-state index contributed by atoms with van der Waals surface area (Å²) in [7, 11) is 1.36. The van der Waals surface area contributed by atoms with Gasteiger partial charge in [-0.3, -0.25) is 0 Å². The third-order valence-corrected chi connectivity index (χ3v) is 1.17. The highest BCUT2D eigenvalue weighted by Crippen LogP contribution is 2.00. The summed E-state index contributed by atoms with van der Waals surface area (Å²) in [5, 5.41) is 0. The summed E-state index contributed by atoms with van der Waals surface area (Å²) >= 11 is 0. The molecule has 0 rings (SSSR count). The second kappa shape index (κ2) is 4.79. The molecule has 0 aliphatic heterocycles. The Morgan fingerprint density at radius 1 is 1.70 bits per heavy atom. The first-order valence-electron chi connectivity index (χ1n) is 3.15. The highest BCUT2D eigenvalue weighted by molar-refractivity contribution is 5.83. The van der Waals surface area contributed by atoms with E-state index in [0.29, 0.717) is 0 Å². The molecule has 0 aromatic rings. The van der Waals surface area contributed by atoms with Crippen LogP contribution in [0.1, 0.15) is 13.3 Å². The lowest BCUT2D eigenvalue weighted by Gasteiger charge is -1.94. The van der Waals surface area contributed by atoms with E-state index in [1.54, 1.807) is 6.08 Å². The maximum Gasteiger partial charge on any atom is 0.330 e. The van der Waals surface area contributed by atoms with Gasteiger partial charge in [-0.2, -0.15) is 0 Å². The molecule has 0 aromatic carbocycles. The van der Waals surface area contributed by atoms with Gasteiger partial charge in [0, 0.05) is 6.08 Å². The maximum absolute atomic E-state index is 10.6. The number of rotatable bonds is 3. The van der Waals surface area contributed by atoms with E-state index in [1.807, 2.05) is 6.92 Å². The fraction of sp³-hybridized carbons (Fsp3) is 0.375. The first-order valence-corrected chi connectivity index (χ1v) is 3.15. The predicted octanol–water partition coefficient (Wildman–Crippen LogP) is 1.68. The van der Waals surface area contributed by atoms with Gasteiger partial charge in [0.15, 0.2) is 0 Å². The molecular formula is C8H12O2. The van der Waals surface area contributed by atoms with E-state index in [-0.39, 0.29) is 5.97 Å². The van der Waals surface area contributed by atoms with Crippen molar-refractivity contribution in [2.75, 3.05) is 7.11 Å². The number of ether oxygens (including phenoxy) is 1. The molecular weight excluding hydrogens is 128 g/mol. The van der Waals surface area contributed by atoms with E-state index in [9.17, 15) is 4.79 Å². The lowest BCUT2D eigenvalue weighted by atomic mass is 10.2.